The van der Waals surface area contributed by atoms with E-state index < -0.39 is 0 Å². The van der Waals surface area contributed by atoms with Crippen LogP contribution in [0.2, 0.25) is 0 Å². The molecule has 0 radical (unpaired) electrons. The Morgan fingerprint density at radius 1 is 0.378 bits per heavy atom. The number of hydrogen-bond acceptors (Lipinski definition) is 4. The Labute approximate surface area is 259 Å². The third-order valence-electron chi connectivity index (χ3n) is 8.50. The second kappa shape index (κ2) is 10.2. The zero-order valence-electron chi connectivity index (χ0n) is 24.2. The summed E-state index contributed by atoms with van der Waals surface area (Å²) in [6.07, 6.45) is 0. The summed E-state index contributed by atoms with van der Waals surface area (Å²) in [6, 6.07) is 52.2. The molecule has 0 amide bonds. The SMILES string of the molecule is c1ccc(-c2c(-c3nc(-c4ccc5ccccc5c4)nc(-c4ccc5ccccc5c4)n3)ccc3oc4ccccc4c23)cc1. The standard InChI is InChI=1S/C41H25N3O/c1-2-12-28(13-3-1)37-34(22-23-36-38(37)33-16-8-9-17-35(33)45-36)41-43-39(31-20-18-26-10-4-6-14-29(26)24-31)42-40(44-41)32-21-19-27-11-5-7-15-30(27)25-32/h1-25H. The minimum absolute atomic E-state index is 0.613. The van der Waals surface area contributed by atoms with Crippen LogP contribution in [0.5, 0.6) is 0 Å². The number of rotatable bonds is 4. The molecule has 9 rings (SSSR count). The predicted octanol–water partition coefficient (Wildman–Crippen LogP) is 10.7. The van der Waals surface area contributed by atoms with Crippen molar-refractivity contribution >= 4 is 43.5 Å². The van der Waals surface area contributed by atoms with E-state index in [1.165, 1.54) is 10.8 Å². The van der Waals surface area contributed by atoms with Gasteiger partial charge in [-0.05, 0) is 57.4 Å². The molecule has 4 nitrogen and oxygen atoms in total. The highest BCUT2D eigenvalue weighted by Gasteiger charge is 2.21. The fourth-order valence-corrected chi connectivity index (χ4v) is 6.32. The Morgan fingerprint density at radius 3 is 1.60 bits per heavy atom. The number of fused-ring (bicyclic) bond motifs is 5. The molecule has 0 fully saturated rings. The molecule has 0 saturated carbocycles. The van der Waals surface area contributed by atoms with Gasteiger partial charge in [0.05, 0.1) is 0 Å². The first-order valence-corrected chi connectivity index (χ1v) is 15.0. The molecule has 0 saturated heterocycles. The quantitative estimate of drug-likeness (QED) is 0.209. The van der Waals surface area contributed by atoms with Gasteiger partial charge >= 0.3 is 0 Å². The van der Waals surface area contributed by atoms with Crippen molar-refractivity contribution in [2.24, 2.45) is 0 Å². The lowest BCUT2D eigenvalue weighted by atomic mass is 9.94. The largest absolute Gasteiger partial charge is 0.456 e. The van der Waals surface area contributed by atoms with E-state index in [4.69, 9.17) is 19.4 Å². The molecular weight excluding hydrogens is 550 g/mol. The highest BCUT2D eigenvalue weighted by atomic mass is 16.3. The van der Waals surface area contributed by atoms with Crippen molar-refractivity contribution in [1.82, 2.24) is 15.0 Å². The molecule has 210 valence electrons. The van der Waals surface area contributed by atoms with E-state index in [-0.39, 0.29) is 0 Å². The summed E-state index contributed by atoms with van der Waals surface area (Å²) in [7, 11) is 0. The molecule has 9 aromatic rings. The maximum atomic E-state index is 6.32. The summed E-state index contributed by atoms with van der Waals surface area (Å²) >= 11 is 0. The van der Waals surface area contributed by atoms with Crippen LogP contribution in [0.15, 0.2) is 156 Å². The van der Waals surface area contributed by atoms with Crippen molar-refractivity contribution in [3.63, 3.8) is 0 Å². The third-order valence-corrected chi connectivity index (χ3v) is 8.50. The first kappa shape index (κ1) is 25.4. The van der Waals surface area contributed by atoms with Crippen molar-refractivity contribution < 1.29 is 4.42 Å². The van der Waals surface area contributed by atoms with E-state index >= 15 is 0 Å². The Balaban J connectivity index is 1.35. The number of benzene rings is 7. The lowest BCUT2D eigenvalue weighted by molar-refractivity contribution is 0.669. The van der Waals surface area contributed by atoms with Gasteiger partial charge < -0.3 is 4.42 Å². The molecule has 0 aliphatic carbocycles. The Kier molecular flexibility index (Phi) is 5.78. The van der Waals surface area contributed by atoms with Crippen LogP contribution in [-0.4, -0.2) is 15.0 Å². The Bertz CT molecular complexity index is 2450. The molecule has 7 aromatic carbocycles. The van der Waals surface area contributed by atoms with Gasteiger partial charge in [-0.25, -0.2) is 15.0 Å². The fraction of sp³-hybridized carbons (Fsp3) is 0. The van der Waals surface area contributed by atoms with E-state index in [0.717, 1.165) is 60.5 Å². The maximum Gasteiger partial charge on any atom is 0.164 e. The van der Waals surface area contributed by atoms with Gasteiger partial charge in [-0.15, -0.1) is 0 Å². The molecule has 0 unspecified atom stereocenters. The summed E-state index contributed by atoms with van der Waals surface area (Å²) in [6.45, 7) is 0. The van der Waals surface area contributed by atoms with Gasteiger partial charge in [0.2, 0.25) is 0 Å². The number of aromatic nitrogens is 3. The second-order valence-corrected chi connectivity index (χ2v) is 11.3. The molecular formula is C41H25N3O. The predicted molar refractivity (Wildman–Crippen MR) is 184 cm³/mol. The van der Waals surface area contributed by atoms with Gasteiger partial charge in [-0.1, -0.05) is 121 Å². The summed E-state index contributed by atoms with van der Waals surface area (Å²) in [5, 5.41) is 6.74. The van der Waals surface area contributed by atoms with Crippen LogP contribution >= 0.6 is 0 Å². The summed E-state index contributed by atoms with van der Waals surface area (Å²) in [5.74, 6) is 1.87. The molecule has 0 aliphatic rings. The average molecular weight is 576 g/mol. The van der Waals surface area contributed by atoms with Gasteiger partial charge in [0.25, 0.3) is 0 Å². The zero-order chi connectivity index (χ0) is 29.7. The molecule has 4 heteroatoms. The molecule has 0 aliphatic heterocycles. The van der Waals surface area contributed by atoms with Crippen molar-refractivity contribution in [2.45, 2.75) is 0 Å². The minimum atomic E-state index is 0.613. The summed E-state index contributed by atoms with van der Waals surface area (Å²) in [5.41, 5.74) is 6.60. The molecule has 2 aromatic heterocycles. The van der Waals surface area contributed by atoms with Gasteiger partial charge in [-0.2, -0.15) is 0 Å². The molecule has 0 N–H and O–H groups in total. The monoisotopic (exact) mass is 575 g/mol. The number of hydrogen-bond donors (Lipinski definition) is 0. The molecule has 2 heterocycles. The first-order valence-electron chi connectivity index (χ1n) is 15.0. The molecule has 0 bridgehead atoms. The van der Waals surface area contributed by atoms with E-state index in [1.54, 1.807) is 0 Å². The highest BCUT2D eigenvalue weighted by Crippen LogP contribution is 2.42. The van der Waals surface area contributed by atoms with E-state index in [0.29, 0.717) is 17.5 Å². The minimum Gasteiger partial charge on any atom is -0.456 e. The summed E-state index contributed by atoms with van der Waals surface area (Å²) in [4.78, 5) is 15.4. The van der Waals surface area contributed by atoms with E-state index in [1.807, 2.05) is 24.3 Å². The Morgan fingerprint density at radius 2 is 0.933 bits per heavy atom. The van der Waals surface area contributed by atoms with E-state index in [9.17, 15) is 0 Å². The third kappa shape index (κ3) is 4.35. The van der Waals surface area contributed by atoms with Crippen LogP contribution in [0.1, 0.15) is 0 Å². The lowest BCUT2D eigenvalue weighted by Crippen LogP contribution is -2.01. The van der Waals surface area contributed by atoms with Crippen molar-refractivity contribution in [2.75, 3.05) is 0 Å². The second-order valence-electron chi connectivity index (χ2n) is 11.3. The van der Waals surface area contributed by atoms with Crippen molar-refractivity contribution in [3.05, 3.63) is 152 Å². The van der Waals surface area contributed by atoms with Crippen LogP contribution in [-0.2, 0) is 0 Å². The van der Waals surface area contributed by atoms with Gasteiger partial charge in [0.15, 0.2) is 17.5 Å². The van der Waals surface area contributed by atoms with Crippen molar-refractivity contribution in [1.29, 1.82) is 0 Å². The van der Waals surface area contributed by atoms with Crippen LogP contribution in [0.4, 0.5) is 0 Å². The van der Waals surface area contributed by atoms with Crippen molar-refractivity contribution in [3.8, 4) is 45.3 Å². The smallest absolute Gasteiger partial charge is 0.164 e. The molecule has 45 heavy (non-hydrogen) atoms. The normalized spacial score (nSPS) is 11.6. The van der Waals surface area contributed by atoms with Crippen LogP contribution in [0.3, 0.4) is 0 Å². The van der Waals surface area contributed by atoms with Crippen LogP contribution < -0.4 is 0 Å². The van der Waals surface area contributed by atoms with Gasteiger partial charge in [0, 0.05) is 33.0 Å². The number of para-hydroxylation sites is 1. The molecule has 0 spiro atoms. The maximum absolute atomic E-state index is 6.32. The number of nitrogens with zero attached hydrogens (tertiary/aromatic N) is 3. The van der Waals surface area contributed by atoms with Gasteiger partial charge in [-0.3, -0.25) is 0 Å². The Hall–Kier alpha value is -6.13. The van der Waals surface area contributed by atoms with Gasteiger partial charge in [0.1, 0.15) is 11.2 Å². The van der Waals surface area contributed by atoms with E-state index in [2.05, 4.69) is 127 Å². The van der Waals surface area contributed by atoms with Crippen LogP contribution in [0.25, 0.3) is 88.8 Å². The highest BCUT2D eigenvalue weighted by molar-refractivity contribution is 6.15. The zero-order valence-corrected chi connectivity index (χ0v) is 24.2. The number of furan rings is 1. The van der Waals surface area contributed by atoms with Crippen LogP contribution in [0, 0.1) is 0 Å². The molecule has 0 atom stereocenters. The topological polar surface area (TPSA) is 51.8 Å². The lowest BCUT2D eigenvalue weighted by Gasteiger charge is -2.14. The summed E-state index contributed by atoms with van der Waals surface area (Å²) < 4.78 is 6.32. The average Bonchev–Trinajstić information content (AvgIpc) is 3.50. The fourth-order valence-electron chi connectivity index (χ4n) is 6.32. The first-order chi connectivity index (χ1) is 22.3.